The number of esters is 1. The molecule has 3 N–H and O–H groups in total. The van der Waals surface area contributed by atoms with E-state index in [0.717, 1.165) is 12.0 Å². The standard InChI is InChI=1S/C44H66N6O10/c1-12-34-44(8)38(50(42(55)60-44)21-30-17-29(30)20-49-22-32(46-47-49)28-14-13-15-31(45)18-28)25(4)35(51)23(2)19-43(7,56-11)39(26(5)36(52)27(6)40(54)58-34)59-41-37(53)33(48(9)10)16-24(3)57-41/h13-15,18,22-27,29-30,33-34,37-39,41,53H,12,16-17,19-21,45H2,1-11H3/t23-,24-,25+,26+,27-,29?,30?,33?,34-,37?,38-,39-,41+,43-,44-/m1/s1. The van der Waals surface area contributed by atoms with E-state index in [1.807, 2.05) is 70.2 Å². The van der Waals surface area contributed by atoms with Gasteiger partial charge in [0.05, 0.1) is 30.0 Å². The number of nitrogen functional groups attached to an aromatic ring is 1. The fourth-order valence-corrected chi connectivity index (χ4v) is 10.1. The topological polar surface area (TPSA) is 198 Å². The molecule has 2 aromatic rings. The molecular formula is C44H66N6O10. The summed E-state index contributed by atoms with van der Waals surface area (Å²) in [5, 5.41) is 20.2. The minimum absolute atomic E-state index is 0.0939. The highest BCUT2D eigenvalue weighted by Gasteiger charge is 2.61. The molecule has 1 aliphatic carbocycles. The van der Waals surface area contributed by atoms with E-state index < -0.39 is 83.4 Å². The van der Waals surface area contributed by atoms with Crippen LogP contribution in [0.4, 0.5) is 10.5 Å². The summed E-state index contributed by atoms with van der Waals surface area (Å²) < 4.78 is 33.1. The molecule has 4 heterocycles. The number of aliphatic hydroxyl groups excluding tert-OH is 1. The first-order valence-corrected chi connectivity index (χ1v) is 21.5. The van der Waals surface area contributed by atoms with Crippen molar-refractivity contribution < 1.29 is 48.0 Å². The van der Waals surface area contributed by atoms with Crippen molar-refractivity contribution in [3.05, 3.63) is 30.5 Å². The molecule has 3 saturated heterocycles. The highest BCUT2D eigenvalue weighted by atomic mass is 16.7. The number of Topliss-reactive ketones (excluding diaryl/α,β-unsaturated/α-hetero) is 2. The van der Waals surface area contributed by atoms with Crippen molar-refractivity contribution in [3.63, 3.8) is 0 Å². The molecule has 332 valence electrons. The van der Waals surface area contributed by atoms with Crippen LogP contribution >= 0.6 is 0 Å². The van der Waals surface area contributed by atoms with Crippen molar-refractivity contribution in [1.82, 2.24) is 24.8 Å². The van der Waals surface area contributed by atoms with Gasteiger partial charge in [-0.05, 0) is 91.4 Å². The van der Waals surface area contributed by atoms with Gasteiger partial charge in [0.1, 0.15) is 29.6 Å². The Morgan fingerprint density at radius 2 is 1.70 bits per heavy atom. The summed E-state index contributed by atoms with van der Waals surface area (Å²) >= 11 is 0. The highest BCUT2D eigenvalue weighted by molar-refractivity contribution is 6.00. The Bertz CT molecular complexity index is 1890. The van der Waals surface area contributed by atoms with Gasteiger partial charge >= 0.3 is 12.1 Å². The summed E-state index contributed by atoms with van der Waals surface area (Å²) in [6.07, 6.45) is -1.39. The Hall–Kier alpha value is -3.96. The number of rotatable bonds is 10. The van der Waals surface area contributed by atoms with Crippen molar-refractivity contribution in [1.29, 1.82) is 0 Å². The monoisotopic (exact) mass is 838 g/mol. The molecule has 15 atom stereocenters. The predicted molar refractivity (Wildman–Crippen MR) is 221 cm³/mol. The molecular weight excluding hydrogens is 773 g/mol. The van der Waals surface area contributed by atoms with Gasteiger partial charge < -0.3 is 44.3 Å². The summed E-state index contributed by atoms with van der Waals surface area (Å²) in [6.45, 7) is 14.9. The normalized spacial score (nSPS) is 39.3. The molecule has 4 fully saturated rings. The lowest BCUT2D eigenvalue weighted by Gasteiger charge is -2.47. The Labute approximate surface area is 353 Å². The van der Waals surface area contributed by atoms with Gasteiger partial charge in [-0.2, -0.15) is 0 Å². The number of aliphatic hydroxyl groups is 1. The molecule has 3 aliphatic heterocycles. The third-order valence-corrected chi connectivity index (χ3v) is 13.8. The molecule has 16 nitrogen and oxygen atoms in total. The summed E-state index contributed by atoms with van der Waals surface area (Å²) in [6, 6.07) is 6.37. The first-order chi connectivity index (χ1) is 28.2. The van der Waals surface area contributed by atoms with Crippen LogP contribution in [0.3, 0.4) is 0 Å². The number of cyclic esters (lactones) is 1. The molecule has 60 heavy (non-hydrogen) atoms. The second-order valence-corrected chi connectivity index (χ2v) is 18.5. The minimum atomic E-state index is -1.41. The Morgan fingerprint density at radius 3 is 2.35 bits per heavy atom. The van der Waals surface area contributed by atoms with E-state index >= 15 is 0 Å². The third-order valence-electron chi connectivity index (χ3n) is 13.8. The van der Waals surface area contributed by atoms with Gasteiger partial charge in [0, 0.05) is 55.2 Å². The number of amides is 1. The van der Waals surface area contributed by atoms with Crippen LogP contribution in [0.25, 0.3) is 11.3 Å². The number of hydrogen-bond acceptors (Lipinski definition) is 14. The number of fused-ring (bicyclic) bond motifs is 1. The summed E-state index contributed by atoms with van der Waals surface area (Å²) in [5.41, 5.74) is 5.50. The number of methoxy groups -OCH3 is 1. The van der Waals surface area contributed by atoms with Crippen LogP contribution in [0.15, 0.2) is 30.5 Å². The quantitative estimate of drug-likeness (QED) is 0.194. The first kappa shape index (κ1) is 45.6. The lowest BCUT2D eigenvalue weighted by atomic mass is 9.73. The predicted octanol–water partition coefficient (Wildman–Crippen LogP) is 4.37. The average Bonchev–Trinajstić information content (AvgIpc) is 3.65. The first-order valence-electron chi connectivity index (χ1n) is 21.5. The van der Waals surface area contributed by atoms with E-state index in [4.69, 9.17) is 29.4 Å². The highest BCUT2D eigenvalue weighted by Crippen LogP contribution is 2.47. The van der Waals surface area contributed by atoms with E-state index in [1.165, 1.54) is 14.0 Å². The Kier molecular flexibility index (Phi) is 13.5. The van der Waals surface area contributed by atoms with Crippen molar-refractivity contribution in [2.24, 2.45) is 35.5 Å². The molecule has 6 rings (SSSR count). The molecule has 1 amide bonds. The number of anilines is 1. The zero-order valence-corrected chi connectivity index (χ0v) is 37.1. The molecule has 1 saturated carbocycles. The number of ketones is 2. The van der Waals surface area contributed by atoms with Gasteiger partial charge in [-0.15, -0.1) is 5.10 Å². The zero-order valence-electron chi connectivity index (χ0n) is 37.1. The lowest BCUT2D eigenvalue weighted by molar-refractivity contribution is -0.295. The van der Waals surface area contributed by atoms with Crippen molar-refractivity contribution in [2.75, 3.05) is 33.5 Å². The maximum Gasteiger partial charge on any atom is 0.410 e. The van der Waals surface area contributed by atoms with E-state index in [9.17, 15) is 24.3 Å². The molecule has 1 aromatic heterocycles. The van der Waals surface area contributed by atoms with Gasteiger partial charge in [-0.1, -0.05) is 45.0 Å². The number of benzene rings is 1. The summed E-state index contributed by atoms with van der Waals surface area (Å²) in [5.74, 6) is -4.71. The zero-order chi connectivity index (χ0) is 44.0. The van der Waals surface area contributed by atoms with Crippen LogP contribution in [0.5, 0.6) is 0 Å². The van der Waals surface area contributed by atoms with Gasteiger partial charge in [-0.25, -0.2) is 4.79 Å². The fourth-order valence-electron chi connectivity index (χ4n) is 10.1. The van der Waals surface area contributed by atoms with E-state index in [2.05, 4.69) is 10.3 Å². The Balaban J connectivity index is 1.28. The van der Waals surface area contributed by atoms with Crippen molar-refractivity contribution in [2.45, 2.75) is 142 Å². The van der Waals surface area contributed by atoms with Crippen LogP contribution in [0.2, 0.25) is 0 Å². The average molecular weight is 839 g/mol. The number of likely N-dealkylation sites (N-methyl/N-ethyl adjacent to an activating group) is 1. The van der Waals surface area contributed by atoms with Crippen molar-refractivity contribution >= 4 is 29.3 Å². The minimum Gasteiger partial charge on any atom is -0.458 e. The van der Waals surface area contributed by atoms with Crippen LogP contribution < -0.4 is 5.73 Å². The van der Waals surface area contributed by atoms with Crippen molar-refractivity contribution in [3.8, 4) is 11.3 Å². The van der Waals surface area contributed by atoms with E-state index in [-0.39, 0.29) is 42.6 Å². The van der Waals surface area contributed by atoms with Gasteiger partial charge in [0.15, 0.2) is 17.7 Å². The van der Waals surface area contributed by atoms with Gasteiger partial charge in [-0.3, -0.25) is 19.1 Å². The van der Waals surface area contributed by atoms with Crippen LogP contribution in [-0.4, -0.2) is 135 Å². The van der Waals surface area contributed by atoms with Gasteiger partial charge in [0.25, 0.3) is 0 Å². The van der Waals surface area contributed by atoms with E-state index in [1.54, 1.807) is 37.3 Å². The maximum absolute atomic E-state index is 14.8. The molecule has 4 aliphatic rings. The van der Waals surface area contributed by atoms with Crippen LogP contribution in [0.1, 0.15) is 81.1 Å². The summed E-state index contributed by atoms with van der Waals surface area (Å²) in [7, 11) is 5.24. The smallest absolute Gasteiger partial charge is 0.410 e. The van der Waals surface area contributed by atoms with Gasteiger partial charge in [0.2, 0.25) is 0 Å². The maximum atomic E-state index is 14.8. The largest absolute Gasteiger partial charge is 0.458 e. The second-order valence-electron chi connectivity index (χ2n) is 18.5. The number of aromatic nitrogens is 3. The number of ether oxygens (including phenoxy) is 5. The Morgan fingerprint density at radius 1 is 1.00 bits per heavy atom. The lowest BCUT2D eigenvalue weighted by Crippen LogP contribution is -2.60. The molecule has 1 aromatic carbocycles. The number of nitrogens with zero attached hydrogens (tertiary/aromatic N) is 5. The number of nitrogens with two attached hydrogens (primary N) is 1. The summed E-state index contributed by atoms with van der Waals surface area (Å²) in [4.78, 5) is 60.8. The van der Waals surface area contributed by atoms with Crippen LogP contribution in [-0.2, 0) is 44.6 Å². The number of carbonyl (C=O) groups excluding carboxylic acids is 4. The molecule has 16 heteroatoms. The molecule has 0 radical (unpaired) electrons. The second kappa shape index (κ2) is 17.8. The fraction of sp³-hybridized carbons (Fsp3) is 0.727. The SMILES string of the molecule is CC[C@H]1OC(=O)[C@H](C)C(=O)[C@H](C)[C@@H](O[C@@H]2O[C@H](C)CC(N(C)C)C2O)[C@](C)(OC)C[C@@H](C)C(=O)[C@H](C)[C@H]2N(CC3CC3Cn3cc(-c4cccc(N)c4)nn3)C(=O)O[C@]12C. The number of hydrogen-bond donors (Lipinski definition) is 2. The third kappa shape index (κ3) is 8.99. The molecule has 0 bridgehead atoms. The molecule has 4 unspecified atom stereocenters. The number of carbonyl (C=O) groups is 4. The van der Waals surface area contributed by atoms with E-state index in [0.29, 0.717) is 30.9 Å². The van der Waals surface area contributed by atoms with Crippen LogP contribution in [0, 0.1) is 35.5 Å². The molecule has 0 spiro atoms.